The molecule has 0 aliphatic carbocycles. The third kappa shape index (κ3) is 3.37. The molecule has 2 aromatic rings. The number of imidazole rings is 1. The average molecular weight is 312 g/mol. The number of nitrogens with zero attached hydrogens (tertiary/aromatic N) is 3. The molecule has 1 aromatic heterocycles. The zero-order valence-corrected chi connectivity index (χ0v) is 14.2. The fourth-order valence-electron chi connectivity index (χ4n) is 4.11. The predicted octanol–water partition coefficient (Wildman–Crippen LogP) is 3.51. The molecule has 1 N–H and O–H groups in total. The fraction of sp³-hybridized carbons (Fsp3) is 0.632. The van der Waals surface area contributed by atoms with Gasteiger partial charge in [-0.3, -0.25) is 0 Å². The Labute approximate surface area is 138 Å². The van der Waals surface area contributed by atoms with Crippen LogP contribution in [-0.4, -0.2) is 47.6 Å². The Hall–Kier alpha value is -1.55. The number of aromatic amines is 1. The molecule has 1 aromatic carbocycles. The molecular weight excluding hydrogens is 284 g/mol. The number of nitrogens with one attached hydrogen (secondary N) is 1. The first kappa shape index (κ1) is 15.0. The number of fused-ring (bicyclic) bond motifs is 1. The van der Waals surface area contributed by atoms with Crippen LogP contribution in [-0.2, 0) is 0 Å². The average Bonchev–Trinajstić information content (AvgIpc) is 3.01. The van der Waals surface area contributed by atoms with Gasteiger partial charge in [-0.25, -0.2) is 4.98 Å². The van der Waals surface area contributed by atoms with Crippen LogP contribution in [0.15, 0.2) is 24.3 Å². The van der Waals surface area contributed by atoms with E-state index in [0.717, 1.165) is 41.9 Å². The lowest BCUT2D eigenvalue weighted by molar-refractivity contribution is 0.159. The van der Waals surface area contributed by atoms with E-state index in [1.165, 1.54) is 45.3 Å². The van der Waals surface area contributed by atoms with E-state index in [0.29, 0.717) is 0 Å². The van der Waals surface area contributed by atoms with Crippen molar-refractivity contribution in [1.29, 1.82) is 0 Å². The number of hydrogen-bond donors (Lipinski definition) is 1. The van der Waals surface area contributed by atoms with Crippen molar-refractivity contribution >= 4 is 17.0 Å². The van der Waals surface area contributed by atoms with Gasteiger partial charge < -0.3 is 14.8 Å². The molecule has 3 heterocycles. The molecule has 23 heavy (non-hydrogen) atoms. The van der Waals surface area contributed by atoms with Crippen LogP contribution in [0.4, 0.5) is 5.95 Å². The number of anilines is 1. The number of para-hydroxylation sites is 2. The Morgan fingerprint density at radius 3 is 2.78 bits per heavy atom. The molecule has 4 nitrogen and oxygen atoms in total. The molecule has 0 amide bonds. The molecule has 4 heteroatoms. The van der Waals surface area contributed by atoms with Gasteiger partial charge in [0.25, 0.3) is 0 Å². The van der Waals surface area contributed by atoms with Crippen LogP contribution in [0.3, 0.4) is 0 Å². The lowest BCUT2D eigenvalue weighted by Crippen LogP contribution is -2.43. The summed E-state index contributed by atoms with van der Waals surface area (Å²) >= 11 is 0. The molecule has 2 aliphatic heterocycles. The molecule has 0 radical (unpaired) electrons. The Bertz CT molecular complexity index is 609. The molecule has 4 rings (SSSR count). The number of piperidine rings is 2. The van der Waals surface area contributed by atoms with Gasteiger partial charge in [-0.15, -0.1) is 0 Å². The maximum absolute atomic E-state index is 4.78. The molecule has 2 fully saturated rings. The van der Waals surface area contributed by atoms with Crippen LogP contribution < -0.4 is 4.90 Å². The minimum Gasteiger partial charge on any atom is -0.342 e. The van der Waals surface area contributed by atoms with E-state index in [-0.39, 0.29) is 0 Å². The lowest BCUT2D eigenvalue weighted by atomic mass is 9.94. The van der Waals surface area contributed by atoms with Crippen molar-refractivity contribution in [3.63, 3.8) is 0 Å². The molecule has 0 bridgehead atoms. The highest BCUT2D eigenvalue weighted by Crippen LogP contribution is 2.25. The highest BCUT2D eigenvalue weighted by atomic mass is 15.3. The molecule has 0 saturated carbocycles. The second kappa shape index (κ2) is 6.52. The number of H-pyrrole nitrogens is 1. The van der Waals surface area contributed by atoms with Crippen LogP contribution >= 0.6 is 0 Å². The third-order valence-corrected chi connectivity index (χ3v) is 5.59. The number of aromatic nitrogens is 2. The SMILES string of the molecule is CC1CCN(CC2CCCN(c3nc4ccccc4[nH]3)C2)CC1. The van der Waals surface area contributed by atoms with Crippen molar-refractivity contribution in [1.82, 2.24) is 14.9 Å². The van der Waals surface area contributed by atoms with E-state index in [9.17, 15) is 0 Å². The largest absolute Gasteiger partial charge is 0.342 e. The Morgan fingerprint density at radius 2 is 1.96 bits per heavy atom. The minimum absolute atomic E-state index is 0.783. The highest BCUT2D eigenvalue weighted by Gasteiger charge is 2.25. The van der Waals surface area contributed by atoms with E-state index >= 15 is 0 Å². The Balaban J connectivity index is 1.40. The quantitative estimate of drug-likeness (QED) is 0.942. The van der Waals surface area contributed by atoms with E-state index < -0.39 is 0 Å². The van der Waals surface area contributed by atoms with Crippen LogP contribution in [0.1, 0.15) is 32.6 Å². The van der Waals surface area contributed by atoms with Crippen LogP contribution in [0.2, 0.25) is 0 Å². The summed E-state index contributed by atoms with van der Waals surface area (Å²) in [4.78, 5) is 13.4. The van der Waals surface area contributed by atoms with Gasteiger partial charge in [0.2, 0.25) is 5.95 Å². The maximum atomic E-state index is 4.78. The predicted molar refractivity (Wildman–Crippen MR) is 95.9 cm³/mol. The zero-order valence-electron chi connectivity index (χ0n) is 14.2. The van der Waals surface area contributed by atoms with Gasteiger partial charge >= 0.3 is 0 Å². The summed E-state index contributed by atoms with van der Waals surface area (Å²) in [6.07, 6.45) is 5.40. The first-order chi connectivity index (χ1) is 11.3. The molecule has 1 unspecified atom stereocenters. The summed E-state index contributed by atoms with van der Waals surface area (Å²) in [6.45, 7) is 8.52. The summed E-state index contributed by atoms with van der Waals surface area (Å²) < 4.78 is 0. The van der Waals surface area contributed by atoms with E-state index in [2.05, 4.69) is 46.0 Å². The Morgan fingerprint density at radius 1 is 1.13 bits per heavy atom. The number of rotatable bonds is 3. The summed E-state index contributed by atoms with van der Waals surface area (Å²) in [7, 11) is 0. The lowest BCUT2D eigenvalue weighted by Gasteiger charge is -2.37. The first-order valence-corrected chi connectivity index (χ1v) is 9.20. The van der Waals surface area contributed by atoms with Crippen LogP contribution in [0.25, 0.3) is 11.0 Å². The summed E-state index contributed by atoms with van der Waals surface area (Å²) in [5.74, 6) is 2.76. The van der Waals surface area contributed by atoms with Gasteiger partial charge in [0.1, 0.15) is 0 Å². The Kier molecular flexibility index (Phi) is 4.25. The summed E-state index contributed by atoms with van der Waals surface area (Å²) in [5.41, 5.74) is 2.23. The second-order valence-electron chi connectivity index (χ2n) is 7.51. The molecule has 124 valence electrons. The summed E-state index contributed by atoms with van der Waals surface area (Å²) in [5, 5.41) is 0. The standard InChI is InChI=1S/C19H28N4/c1-15-8-11-22(12-9-15)13-16-5-4-10-23(14-16)19-20-17-6-2-3-7-18(17)21-19/h2-3,6-7,15-16H,4-5,8-14H2,1H3,(H,20,21). The molecule has 2 saturated heterocycles. The fourth-order valence-corrected chi connectivity index (χ4v) is 4.11. The van der Waals surface area contributed by atoms with Crippen molar-refractivity contribution in [2.45, 2.75) is 32.6 Å². The minimum atomic E-state index is 0.783. The van der Waals surface area contributed by atoms with Crippen molar-refractivity contribution in [2.24, 2.45) is 11.8 Å². The first-order valence-electron chi connectivity index (χ1n) is 9.20. The maximum Gasteiger partial charge on any atom is 0.203 e. The third-order valence-electron chi connectivity index (χ3n) is 5.59. The zero-order chi connectivity index (χ0) is 15.6. The second-order valence-corrected chi connectivity index (χ2v) is 7.51. The topological polar surface area (TPSA) is 35.2 Å². The summed E-state index contributed by atoms with van der Waals surface area (Å²) in [6, 6.07) is 8.33. The van der Waals surface area contributed by atoms with Crippen molar-refractivity contribution in [2.75, 3.05) is 37.6 Å². The monoisotopic (exact) mass is 312 g/mol. The van der Waals surface area contributed by atoms with Crippen molar-refractivity contribution < 1.29 is 0 Å². The van der Waals surface area contributed by atoms with Crippen molar-refractivity contribution in [3.8, 4) is 0 Å². The van der Waals surface area contributed by atoms with Crippen molar-refractivity contribution in [3.05, 3.63) is 24.3 Å². The van der Waals surface area contributed by atoms with Gasteiger partial charge in [-0.05, 0) is 62.7 Å². The molecule has 0 spiro atoms. The molecular formula is C19H28N4. The van der Waals surface area contributed by atoms with E-state index in [1.54, 1.807) is 0 Å². The van der Waals surface area contributed by atoms with E-state index in [4.69, 9.17) is 4.98 Å². The van der Waals surface area contributed by atoms with Crippen LogP contribution in [0, 0.1) is 11.8 Å². The van der Waals surface area contributed by atoms with Gasteiger partial charge in [-0.1, -0.05) is 19.1 Å². The molecule has 2 aliphatic rings. The number of benzene rings is 1. The van der Waals surface area contributed by atoms with Gasteiger partial charge in [0.15, 0.2) is 0 Å². The van der Waals surface area contributed by atoms with Crippen LogP contribution in [0.5, 0.6) is 0 Å². The van der Waals surface area contributed by atoms with Gasteiger partial charge in [0.05, 0.1) is 11.0 Å². The van der Waals surface area contributed by atoms with Gasteiger partial charge in [-0.2, -0.15) is 0 Å². The van der Waals surface area contributed by atoms with E-state index in [1.807, 2.05) is 0 Å². The number of likely N-dealkylation sites (tertiary alicyclic amines) is 1. The molecule has 1 atom stereocenters. The number of hydrogen-bond acceptors (Lipinski definition) is 3. The normalized spacial score (nSPS) is 24.4. The highest BCUT2D eigenvalue weighted by molar-refractivity contribution is 5.77. The van der Waals surface area contributed by atoms with Gasteiger partial charge in [0, 0.05) is 19.6 Å². The smallest absolute Gasteiger partial charge is 0.203 e.